The molecule has 6 heavy (non-hydrogen) atoms. The van der Waals surface area contributed by atoms with Crippen molar-refractivity contribution in [1.29, 1.82) is 0 Å². The van der Waals surface area contributed by atoms with Crippen LogP contribution in [-0.2, 0) is 9.53 Å². The zero-order valence-corrected chi connectivity index (χ0v) is 2.39. The van der Waals surface area contributed by atoms with Gasteiger partial charge in [0.05, 0.1) is 7.11 Å². The number of carbonyl (C=O) groups excluding carboxylic acids is 1. The molecule has 0 unspecified atom stereocenters. The van der Waals surface area contributed by atoms with Crippen LogP contribution >= 0.6 is 0 Å². The Labute approximate surface area is 81.2 Å². The molecule has 0 aliphatic heterocycles. The predicted molar refractivity (Wildman–Crippen MR) is 27.4 cm³/mol. The van der Waals surface area contributed by atoms with Crippen LogP contribution in [0.3, 0.4) is 0 Å². The fourth-order valence-corrected chi connectivity index (χ4v) is 0. The molecule has 0 aliphatic rings. The number of rotatable bonds is 1. The third-order valence-corrected chi connectivity index (χ3v) is 0.0962. The van der Waals surface area contributed by atoms with Crippen LogP contribution in [0.5, 0.6) is 0 Å². The van der Waals surface area contributed by atoms with Crippen LogP contribution in [0.4, 0.5) is 0 Å². The molecule has 0 aromatic rings. The van der Waals surface area contributed by atoms with Gasteiger partial charge in [0, 0.05) is 0 Å². The Bertz CT molecular complexity index is 23.5. The monoisotopic (exact) mass is 108 g/mol. The molecule has 0 rings (SSSR count). The van der Waals surface area contributed by atoms with E-state index in [0.29, 0.717) is 6.47 Å². The van der Waals surface area contributed by atoms with Gasteiger partial charge < -0.3 is 4.74 Å². The average Bonchev–Trinajstić information content (AvgIpc) is 1.37. The normalized spacial score (nSPS) is 3.50. The molecule has 0 saturated heterocycles. The van der Waals surface area contributed by atoms with E-state index in [1.807, 2.05) is 0 Å². The van der Waals surface area contributed by atoms with Gasteiger partial charge in [-0.1, -0.05) is 0 Å². The molecule has 0 N–H and O–H groups in total. The van der Waals surface area contributed by atoms with Gasteiger partial charge in [0.25, 0.3) is 6.47 Å². The zero-order chi connectivity index (χ0) is 3.41. The second-order valence-corrected chi connectivity index (χ2v) is 0.332. The van der Waals surface area contributed by atoms with Gasteiger partial charge in [-0.15, -0.1) is 0 Å². The van der Waals surface area contributed by atoms with Crippen LogP contribution in [0.25, 0.3) is 0 Å². The van der Waals surface area contributed by atoms with Crippen molar-refractivity contribution in [3.05, 3.63) is 0 Å². The molecule has 4 heteroatoms. The molecule has 2 nitrogen and oxygen atoms in total. The molecule has 0 amide bonds. The Morgan fingerprint density at radius 1 is 1.50 bits per heavy atom. The molecular formula is C2H6Na2O2. The predicted octanol–water partition coefficient (Wildman–Crippen LogP) is -1.51. The minimum atomic E-state index is 0. The third kappa shape index (κ3) is 17.9. The number of hydrogen-bond acceptors (Lipinski definition) is 2. The van der Waals surface area contributed by atoms with Crippen molar-refractivity contribution in [2.45, 2.75) is 0 Å². The Morgan fingerprint density at radius 2 is 1.67 bits per heavy atom. The number of ether oxygens (including phenoxy) is 1. The van der Waals surface area contributed by atoms with Crippen molar-refractivity contribution in [3.63, 3.8) is 0 Å². The van der Waals surface area contributed by atoms with E-state index in [9.17, 15) is 0 Å². The molecule has 0 aromatic carbocycles. The quantitative estimate of drug-likeness (QED) is 0.301. The summed E-state index contributed by atoms with van der Waals surface area (Å²) in [5.74, 6) is 0. The molecule has 28 valence electrons. The Balaban J connectivity index is -0.0000000450. The second-order valence-electron chi connectivity index (χ2n) is 0.332. The SMILES string of the molecule is COC=O.[NaH].[NaH]. The van der Waals surface area contributed by atoms with Crippen molar-refractivity contribution in [3.8, 4) is 0 Å². The van der Waals surface area contributed by atoms with Crippen LogP contribution in [0.2, 0.25) is 0 Å². The molecule has 0 spiro atoms. The molecular weight excluding hydrogens is 102 g/mol. The van der Waals surface area contributed by atoms with E-state index in [0.717, 1.165) is 0 Å². The van der Waals surface area contributed by atoms with Crippen LogP contribution in [0.1, 0.15) is 0 Å². The second kappa shape index (κ2) is 16.1. The maximum absolute atomic E-state index is 8.95. The molecule has 0 heterocycles. The molecule has 0 radical (unpaired) electrons. The van der Waals surface area contributed by atoms with Crippen LogP contribution in [-0.4, -0.2) is 72.7 Å². The van der Waals surface area contributed by atoms with Gasteiger partial charge in [0.15, 0.2) is 0 Å². The summed E-state index contributed by atoms with van der Waals surface area (Å²) in [6, 6.07) is 0. The first-order valence-corrected chi connectivity index (χ1v) is 0.880. The van der Waals surface area contributed by atoms with Gasteiger partial charge in [-0.3, -0.25) is 4.79 Å². The molecule has 0 saturated carbocycles. The van der Waals surface area contributed by atoms with Gasteiger partial charge >= 0.3 is 59.1 Å². The van der Waals surface area contributed by atoms with Gasteiger partial charge in [0.1, 0.15) is 0 Å². The first-order valence-electron chi connectivity index (χ1n) is 0.880. The van der Waals surface area contributed by atoms with Crippen molar-refractivity contribution in [2.75, 3.05) is 7.11 Å². The number of hydrogen-bond donors (Lipinski definition) is 0. The fraction of sp³-hybridized carbons (Fsp3) is 0.500. The summed E-state index contributed by atoms with van der Waals surface area (Å²) in [6.07, 6.45) is 0. The van der Waals surface area contributed by atoms with E-state index in [-0.39, 0.29) is 59.1 Å². The van der Waals surface area contributed by atoms with Crippen molar-refractivity contribution < 1.29 is 9.53 Å². The van der Waals surface area contributed by atoms with Gasteiger partial charge in [-0.05, 0) is 0 Å². The standard InChI is InChI=1S/C2H4O2.2Na.2H/c1-4-2-3;;;;/h2H,1H3;;;;. The van der Waals surface area contributed by atoms with Crippen LogP contribution in [0.15, 0.2) is 0 Å². The van der Waals surface area contributed by atoms with Gasteiger partial charge in [-0.2, -0.15) is 0 Å². The van der Waals surface area contributed by atoms with E-state index in [2.05, 4.69) is 4.74 Å². The Kier molecular flexibility index (Phi) is 41.9. The van der Waals surface area contributed by atoms with Crippen molar-refractivity contribution in [2.24, 2.45) is 0 Å². The summed E-state index contributed by atoms with van der Waals surface area (Å²) in [4.78, 5) is 8.95. The summed E-state index contributed by atoms with van der Waals surface area (Å²) < 4.78 is 3.86. The maximum atomic E-state index is 8.95. The Morgan fingerprint density at radius 3 is 1.67 bits per heavy atom. The molecule has 0 bridgehead atoms. The minimum absolute atomic E-state index is 0. The first-order chi connectivity index (χ1) is 1.91. The van der Waals surface area contributed by atoms with Gasteiger partial charge in [0.2, 0.25) is 0 Å². The number of methoxy groups -OCH3 is 1. The first kappa shape index (κ1) is 15.6. The topological polar surface area (TPSA) is 26.3 Å². The van der Waals surface area contributed by atoms with Crippen LogP contribution in [0, 0.1) is 0 Å². The van der Waals surface area contributed by atoms with E-state index >= 15 is 0 Å². The van der Waals surface area contributed by atoms with E-state index < -0.39 is 0 Å². The molecule has 0 fully saturated rings. The van der Waals surface area contributed by atoms with Gasteiger partial charge in [-0.25, -0.2) is 0 Å². The molecule has 0 aromatic heterocycles. The summed E-state index contributed by atoms with van der Waals surface area (Å²) in [5, 5.41) is 0. The number of carbonyl (C=O) groups is 1. The summed E-state index contributed by atoms with van der Waals surface area (Å²) >= 11 is 0. The summed E-state index contributed by atoms with van der Waals surface area (Å²) in [7, 11) is 1.31. The zero-order valence-electron chi connectivity index (χ0n) is 2.39. The molecule has 0 aliphatic carbocycles. The average molecular weight is 108 g/mol. The van der Waals surface area contributed by atoms with E-state index in [1.54, 1.807) is 0 Å². The van der Waals surface area contributed by atoms with Crippen molar-refractivity contribution >= 4 is 65.6 Å². The van der Waals surface area contributed by atoms with Crippen molar-refractivity contribution in [1.82, 2.24) is 0 Å². The van der Waals surface area contributed by atoms with E-state index in [1.165, 1.54) is 7.11 Å². The summed E-state index contributed by atoms with van der Waals surface area (Å²) in [6.45, 7) is 0.375. The molecule has 0 atom stereocenters. The van der Waals surface area contributed by atoms with Crippen LogP contribution < -0.4 is 0 Å². The summed E-state index contributed by atoms with van der Waals surface area (Å²) in [5.41, 5.74) is 0. The third-order valence-electron chi connectivity index (χ3n) is 0.0962. The fourth-order valence-electron chi connectivity index (χ4n) is 0. The van der Waals surface area contributed by atoms with E-state index in [4.69, 9.17) is 4.79 Å². The Hall–Kier alpha value is 1.47.